The number of amides is 1. The Labute approximate surface area is 144 Å². The summed E-state index contributed by atoms with van der Waals surface area (Å²) in [5, 5.41) is 7.30. The molecule has 122 valence electrons. The second kappa shape index (κ2) is 6.84. The molecule has 0 unspecified atom stereocenters. The average Bonchev–Trinajstić information content (AvgIpc) is 3.05. The van der Waals surface area contributed by atoms with Crippen molar-refractivity contribution in [1.29, 1.82) is 0 Å². The molecule has 3 aromatic rings. The SMILES string of the molecule is Cc1ccc(-c2noc([C@@H](C)NC(=O)c3cccc(Cl)c3)n2)cc1. The zero-order chi connectivity index (χ0) is 17.1. The first-order valence-corrected chi connectivity index (χ1v) is 7.88. The van der Waals surface area contributed by atoms with Gasteiger partial charge < -0.3 is 9.84 Å². The summed E-state index contributed by atoms with van der Waals surface area (Å²) in [4.78, 5) is 16.6. The lowest BCUT2D eigenvalue weighted by Gasteiger charge is -2.09. The molecule has 5 nitrogen and oxygen atoms in total. The predicted octanol–water partition coefficient (Wildman–Crippen LogP) is 4.19. The molecule has 0 aliphatic rings. The molecule has 1 amide bonds. The molecule has 0 saturated heterocycles. The molecular formula is C18H16ClN3O2. The number of carbonyl (C=O) groups is 1. The Balaban J connectivity index is 1.73. The quantitative estimate of drug-likeness (QED) is 0.772. The molecule has 1 heterocycles. The van der Waals surface area contributed by atoms with Crippen molar-refractivity contribution < 1.29 is 9.32 Å². The van der Waals surface area contributed by atoms with E-state index in [0.29, 0.717) is 22.3 Å². The topological polar surface area (TPSA) is 68.0 Å². The minimum Gasteiger partial charge on any atom is -0.341 e. The molecule has 0 saturated carbocycles. The lowest BCUT2D eigenvalue weighted by atomic mass is 10.1. The summed E-state index contributed by atoms with van der Waals surface area (Å²) >= 11 is 5.90. The van der Waals surface area contributed by atoms with Crippen LogP contribution >= 0.6 is 11.6 Å². The minimum absolute atomic E-state index is 0.250. The molecule has 6 heteroatoms. The van der Waals surface area contributed by atoms with E-state index in [1.54, 1.807) is 31.2 Å². The summed E-state index contributed by atoms with van der Waals surface area (Å²) in [6.45, 7) is 3.80. The standard InChI is InChI=1S/C18H16ClN3O2/c1-11-6-8-13(9-7-11)16-21-18(24-22-16)12(2)20-17(23)14-4-3-5-15(19)10-14/h3-10,12H,1-2H3,(H,20,23)/t12-/m1/s1. The van der Waals surface area contributed by atoms with E-state index >= 15 is 0 Å². The maximum Gasteiger partial charge on any atom is 0.251 e. The minimum atomic E-state index is -0.414. The van der Waals surface area contributed by atoms with E-state index in [4.69, 9.17) is 16.1 Å². The Morgan fingerprint density at radius 2 is 1.96 bits per heavy atom. The number of nitrogens with one attached hydrogen (secondary N) is 1. The fraction of sp³-hybridized carbons (Fsp3) is 0.167. The van der Waals surface area contributed by atoms with Crippen molar-refractivity contribution in [1.82, 2.24) is 15.5 Å². The Bertz CT molecular complexity index is 859. The first kappa shape index (κ1) is 16.2. The molecule has 1 N–H and O–H groups in total. The van der Waals surface area contributed by atoms with Gasteiger partial charge >= 0.3 is 0 Å². The number of carbonyl (C=O) groups excluding carboxylic acids is 1. The van der Waals surface area contributed by atoms with Crippen LogP contribution in [0.2, 0.25) is 5.02 Å². The van der Waals surface area contributed by atoms with Gasteiger partial charge in [-0.25, -0.2) is 0 Å². The molecule has 0 radical (unpaired) electrons. The third-order valence-corrected chi connectivity index (χ3v) is 3.79. The number of hydrogen-bond acceptors (Lipinski definition) is 4. The van der Waals surface area contributed by atoms with Crippen LogP contribution in [-0.4, -0.2) is 16.0 Å². The summed E-state index contributed by atoms with van der Waals surface area (Å²) in [6.07, 6.45) is 0. The normalized spacial score (nSPS) is 12.0. The van der Waals surface area contributed by atoms with Crippen molar-refractivity contribution in [3.8, 4) is 11.4 Å². The van der Waals surface area contributed by atoms with Gasteiger partial charge in [-0.1, -0.05) is 52.7 Å². The lowest BCUT2D eigenvalue weighted by molar-refractivity contribution is 0.0932. The van der Waals surface area contributed by atoms with Crippen molar-refractivity contribution >= 4 is 17.5 Å². The van der Waals surface area contributed by atoms with E-state index in [0.717, 1.165) is 11.1 Å². The Morgan fingerprint density at radius 1 is 1.21 bits per heavy atom. The number of halogens is 1. The number of hydrogen-bond donors (Lipinski definition) is 1. The molecule has 24 heavy (non-hydrogen) atoms. The fourth-order valence-electron chi connectivity index (χ4n) is 2.20. The summed E-state index contributed by atoms with van der Waals surface area (Å²) in [6, 6.07) is 14.2. The van der Waals surface area contributed by atoms with E-state index in [-0.39, 0.29) is 5.91 Å². The first-order chi connectivity index (χ1) is 11.5. The number of aryl methyl sites for hydroxylation is 1. The Kier molecular flexibility index (Phi) is 4.62. The third kappa shape index (κ3) is 3.63. The fourth-order valence-corrected chi connectivity index (χ4v) is 2.39. The molecule has 0 fully saturated rings. The van der Waals surface area contributed by atoms with Gasteiger partial charge in [-0.15, -0.1) is 0 Å². The van der Waals surface area contributed by atoms with Crippen LogP contribution in [0.1, 0.15) is 34.8 Å². The summed E-state index contributed by atoms with van der Waals surface area (Å²) in [7, 11) is 0. The molecule has 0 bridgehead atoms. The molecule has 1 aromatic heterocycles. The zero-order valence-electron chi connectivity index (χ0n) is 13.3. The second-order valence-electron chi connectivity index (χ2n) is 5.53. The van der Waals surface area contributed by atoms with Crippen molar-refractivity contribution in [3.63, 3.8) is 0 Å². The highest BCUT2D eigenvalue weighted by Gasteiger charge is 2.18. The molecule has 3 rings (SSSR count). The summed E-state index contributed by atoms with van der Waals surface area (Å²) < 4.78 is 5.27. The lowest BCUT2D eigenvalue weighted by Crippen LogP contribution is -2.26. The average molecular weight is 342 g/mol. The van der Waals surface area contributed by atoms with Crippen LogP contribution < -0.4 is 5.32 Å². The van der Waals surface area contributed by atoms with E-state index in [1.807, 2.05) is 31.2 Å². The van der Waals surface area contributed by atoms with Crippen LogP contribution in [-0.2, 0) is 0 Å². The van der Waals surface area contributed by atoms with E-state index < -0.39 is 6.04 Å². The number of nitrogens with zero attached hydrogens (tertiary/aromatic N) is 2. The van der Waals surface area contributed by atoms with Gasteiger partial charge in [0.05, 0.1) is 0 Å². The highest BCUT2D eigenvalue weighted by atomic mass is 35.5. The number of aromatic nitrogens is 2. The maximum atomic E-state index is 12.2. The van der Waals surface area contributed by atoms with Crippen LogP contribution in [0.4, 0.5) is 0 Å². The molecule has 0 aliphatic heterocycles. The van der Waals surface area contributed by atoms with Gasteiger partial charge in [-0.05, 0) is 32.0 Å². The molecule has 2 aromatic carbocycles. The smallest absolute Gasteiger partial charge is 0.251 e. The van der Waals surface area contributed by atoms with E-state index in [2.05, 4.69) is 15.5 Å². The van der Waals surface area contributed by atoms with Crippen LogP contribution in [0.5, 0.6) is 0 Å². The van der Waals surface area contributed by atoms with E-state index in [1.165, 1.54) is 0 Å². The second-order valence-corrected chi connectivity index (χ2v) is 5.96. The van der Waals surface area contributed by atoms with Crippen molar-refractivity contribution in [2.45, 2.75) is 19.9 Å². The largest absolute Gasteiger partial charge is 0.341 e. The van der Waals surface area contributed by atoms with Gasteiger partial charge in [0, 0.05) is 16.1 Å². The monoisotopic (exact) mass is 341 g/mol. The molecule has 1 atom stereocenters. The van der Waals surface area contributed by atoms with Gasteiger partial charge in [0.15, 0.2) is 0 Å². The maximum absolute atomic E-state index is 12.2. The number of rotatable bonds is 4. The number of benzene rings is 2. The predicted molar refractivity (Wildman–Crippen MR) is 91.8 cm³/mol. The summed E-state index contributed by atoms with van der Waals surface area (Å²) in [5.41, 5.74) is 2.50. The van der Waals surface area contributed by atoms with Gasteiger partial charge in [0.1, 0.15) is 6.04 Å². The third-order valence-electron chi connectivity index (χ3n) is 3.56. The van der Waals surface area contributed by atoms with Crippen LogP contribution in [0, 0.1) is 6.92 Å². The highest BCUT2D eigenvalue weighted by Crippen LogP contribution is 2.19. The van der Waals surface area contributed by atoms with Crippen LogP contribution in [0.15, 0.2) is 53.1 Å². The molecule has 0 spiro atoms. The van der Waals surface area contributed by atoms with Crippen LogP contribution in [0.3, 0.4) is 0 Å². The first-order valence-electron chi connectivity index (χ1n) is 7.50. The van der Waals surface area contributed by atoms with E-state index in [9.17, 15) is 4.79 Å². The Morgan fingerprint density at radius 3 is 2.67 bits per heavy atom. The van der Waals surface area contributed by atoms with Crippen molar-refractivity contribution in [2.24, 2.45) is 0 Å². The van der Waals surface area contributed by atoms with Gasteiger partial charge in [0.25, 0.3) is 5.91 Å². The molecule has 0 aliphatic carbocycles. The zero-order valence-corrected chi connectivity index (χ0v) is 14.0. The van der Waals surface area contributed by atoms with Gasteiger partial charge in [-0.3, -0.25) is 4.79 Å². The highest BCUT2D eigenvalue weighted by molar-refractivity contribution is 6.30. The van der Waals surface area contributed by atoms with Crippen molar-refractivity contribution in [3.05, 3.63) is 70.6 Å². The van der Waals surface area contributed by atoms with Gasteiger partial charge in [0.2, 0.25) is 11.7 Å². The Hall–Kier alpha value is -2.66. The van der Waals surface area contributed by atoms with Gasteiger partial charge in [-0.2, -0.15) is 4.98 Å². The van der Waals surface area contributed by atoms with Crippen molar-refractivity contribution in [2.75, 3.05) is 0 Å². The van der Waals surface area contributed by atoms with Crippen LogP contribution in [0.25, 0.3) is 11.4 Å². The summed E-state index contributed by atoms with van der Waals surface area (Å²) in [5.74, 6) is 0.592. The molecular weight excluding hydrogens is 326 g/mol.